The molecule has 1 aromatic carbocycles. The second kappa shape index (κ2) is 6.83. The molecule has 2 aromatic rings. The second-order valence-corrected chi connectivity index (χ2v) is 6.62. The zero-order valence-corrected chi connectivity index (χ0v) is 14.3. The Labute approximate surface area is 121 Å². The van der Waals surface area contributed by atoms with Crippen molar-refractivity contribution in [3.63, 3.8) is 0 Å². The molecule has 0 bridgehead atoms. The van der Waals surface area contributed by atoms with Crippen molar-refractivity contribution in [2.75, 3.05) is 0 Å². The van der Waals surface area contributed by atoms with Crippen LogP contribution in [0.5, 0.6) is 0 Å². The van der Waals surface area contributed by atoms with Crippen LogP contribution in [0, 0.1) is 27.7 Å². The van der Waals surface area contributed by atoms with Gasteiger partial charge >= 0.3 is 29.2 Å². The van der Waals surface area contributed by atoms with E-state index in [1.54, 1.807) is 30.6 Å². The molecular formula is C14H17AuClP. The summed E-state index contributed by atoms with van der Waals surface area (Å²) in [6.45, 7) is 9.07. The molecule has 0 aliphatic heterocycles. The number of halogens is 1. The predicted molar refractivity (Wildman–Crippen MR) is 75.3 cm³/mol. The van der Waals surface area contributed by atoms with Gasteiger partial charge in [-0.2, -0.15) is 0 Å². The summed E-state index contributed by atoms with van der Waals surface area (Å²) < 4.78 is 0. The van der Waals surface area contributed by atoms with Crippen LogP contribution in [0.1, 0.15) is 21.7 Å². The minimum absolute atomic E-state index is 0.182. The number of benzene rings is 1. The molecule has 0 aliphatic carbocycles. The van der Waals surface area contributed by atoms with Crippen LogP contribution in [0.3, 0.4) is 0 Å². The van der Waals surface area contributed by atoms with Crippen LogP contribution in [-0.2, 0) is 20.0 Å². The average molecular weight is 449 g/mol. The summed E-state index contributed by atoms with van der Waals surface area (Å²) in [6, 6.07) is 10.9. The Morgan fingerprint density at radius 1 is 0.824 bits per heavy atom. The molecule has 0 atom stereocenters. The van der Waals surface area contributed by atoms with Gasteiger partial charge in [0.15, 0.2) is 0 Å². The van der Waals surface area contributed by atoms with Gasteiger partial charge in [-0.25, -0.2) is 0 Å². The average Bonchev–Trinajstić information content (AvgIpc) is 2.58. The van der Waals surface area contributed by atoms with E-state index in [2.05, 4.69) is 67.2 Å². The first-order valence-electron chi connectivity index (χ1n) is 5.45. The van der Waals surface area contributed by atoms with Crippen LogP contribution in [0.25, 0.3) is 5.30 Å². The molecule has 17 heavy (non-hydrogen) atoms. The molecule has 0 nitrogen and oxygen atoms in total. The van der Waals surface area contributed by atoms with Gasteiger partial charge in [-0.15, -0.1) is 0 Å². The Kier molecular flexibility index (Phi) is 6.06. The van der Waals surface area contributed by atoms with Crippen molar-refractivity contribution < 1.29 is 20.0 Å². The van der Waals surface area contributed by atoms with Gasteiger partial charge in [-0.3, -0.25) is 0 Å². The molecule has 0 radical (unpaired) electrons. The van der Waals surface area contributed by atoms with Gasteiger partial charge < -0.3 is 0 Å². The third-order valence-corrected chi connectivity index (χ3v) is 6.16. The van der Waals surface area contributed by atoms with E-state index in [1.165, 1.54) is 16.4 Å². The minimum atomic E-state index is -0.182. The monoisotopic (exact) mass is 448 g/mol. The van der Waals surface area contributed by atoms with E-state index in [4.69, 9.17) is 0 Å². The molecule has 2 rings (SSSR count). The first-order chi connectivity index (χ1) is 8.13. The molecule has 0 saturated heterocycles. The summed E-state index contributed by atoms with van der Waals surface area (Å²) in [4.78, 5) is 0. The summed E-state index contributed by atoms with van der Waals surface area (Å²) in [6.07, 6.45) is 0. The molecule has 0 unspecified atom stereocenters. The van der Waals surface area contributed by atoms with Crippen molar-refractivity contribution in [1.29, 1.82) is 0 Å². The quantitative estimate of drug-likeness (QED) is 0.500. The molecule has 0 amide bonds. The first-order valence-corrected chi connectivity index (χ1v) is 9.47. The summed E-state index contributed by atoms with van der Waals surface area (Å²) in [5, 5.41) is 4.64. The zero-order chi connectivity index (χ0) is 13.0. The van der Waals surface area contributed by atoms with E-state index in [0.29, 0.717) is 0 Å². The van der Waals surface area contributed by atoms with Crippen LogP contribution in [-0.4, -0.2) is 0 Å². The molecule has 3 heteroatoms. The van der Waals surface area contributed by atoms with Gasteiger partial charge in [0.1, 0.15) is 0 Å². The SMILES string of the molecule is Cc1c(C)c(C)p(-c2ccccc2)c1C.[Cl][Au]. The third kappa shape index (κ3) is 3.08. The van der Waals surface area contributed by atoms with Gasteiger partial charge in [-0.05, 0) is 54.7 Å². The van der Waals surface area contributed by atoms with Crippen molar-refractivity contribution in [1.82, 2.24) is 0 Å². The Morgan fingerprint density at radius 2 is 1.24 bits per heavy atom. The fourth-order valence-electron chi connectivity index (χ4n) is 2.09. The van der Waals surface area contributed by atoms with Crippen molar-refractivity contribution in [3.8, 4) is 5.30 Å². The van der Waals surface area contributed by atoms with Gasteiger partial charge in [0.25, 0.3) is 0 Å². The Balaban J connectivity index is 0.000000686. The molecule has 0 spiro atoms. The van der Waals surface area contributed by atoms with Gasteiger partial charge in [0.2, 0.25) is 0 Å². The van der Waals surface area contributed by atoms with E-state index >= 15 is 0 Å². The topological polar surface area (TPSA) is 0 Å². The molecule has 0 saturated carbocycles. The van der Waals surface area contributed by atoms with E-state index in [9.17, 15) is 0 Å². The van der Waals surface area contributed by atoms with Crippen molar-refractivity contribution in [2.24, 2.45) is 0 Å². The molecule has 0 N–H and O–H groups in total. The third-order valence-electron chi connectivity index (χ3n) is 3.33. The van der Waals surface area contributed by atoms with Gasteiger partial charge in [0, 0.05) is 0 Å². The molecule has 0 fully saturated rings. The van der Waals surface area contributed by atoms with Crippen LogP contribution in [0.15, 0.2) is 30.3 Å². The van der Waals surface area contributed by atoms with Crippen molar-refractivity contribution in [2.45, 2.75) is 27.7 Å². The molecule has 1 heterocycles. The maximum absolute atomic E-state index is 4.58. The van der Waals surface area contributed by atoms with Gasteiger partial charge in [0.05, 0.1) is 0 Å². The van der Waals surface area contributed by atoms with E-state index in [1.807, 2.05) is 0 Å². The molecule has 1 aromatic heterocycles. The van der Waals surface area contributed by atoms with Crippen molar-refractivity contribution in [3.05, 3.63) is 52.0 Å². The number of rotatable bonds is 1. The number of hydrogen-bond acceptors (Lipinski definition) is 0. The van der Waals surface area contributed by atoms with Crippen LogP contribution < -0.4 is 0 Å². The fourth-order valence-corrected chi connectivity index (χ4v) is 4.85. The normalized spacial score (nSPS) is 9.82. The molecule has 96 valence electrons. The summed E-state index contributed by atoms with van der Waals surface area (Å²) in [5.74, 6) is 0. The Bertz CT molecular complexity index is 463. The standard InChI is InChI=1S/C14H17P.Au.ClH/c1-10-11(2)13(4)15(12(10)3)14-8-6-5-7-9-14;;/h5-9H,1-4H3;;1H/q;+1;/p-1. The summed E-state index contributed by atoms with van der Waals surface area (Å²) >= 11 is 1.75. The van der Waals surface area contributed by atoms with E-state index in [-0.39, 0.29) is 7.53 Å². The number of hydrogen-bond donors (Lipinski definition) is 0. The Morgan fingerprint density at radius 3 is 1.65 bits per heavy atom. The summed E-state index contributed by atoms with van der Waals surface area (Å²) in [5.41, 5.74) is 3.00. The second-order valence-electron chi connectivity index (χ2n) is 4.09. The van der Waals surface area contributed by atoms with Gasteiger partial charge in [-0.1, -0.05) is 37.9 Å². The van der Waals surface area contributed by atoms with Crippen molar-refractivity contribution >= 4 is 16.7 Å². The summed E-state index contributed by atoms with van der Waals surface area (Å²) in [7, 11) is 4.40. The zero-order valence-electron chi connectivity index (χ0n) is 10.5. The predicted octanol–water partition coefficient (Wildman–Crippen LogP) is 5.58. The van der Waals surface area contributed by atoms with E-state index < -0.39 is 0 Å². The fraction of sp³-hybridized carbons (Fsp3) is 0.286. The Hall–Kier alpha value is 0.0303. The van der Waals surface area contributed by atoms with Crippen LogP contribution in [0.4, 0.5) is 0 Å². The first kappa shape index (κ1) is 15.1. The molecular weight excluding hydrogens is 432 g/mol. The van der Waals surface area contributed by atoms with Crippen LogP contribution in [0.2, 0.25) is 0 Å². The maximum atomic E-state index is 4.58. The van der Waals surface area contributed by atoms with E-state index in [0.717, 1.165) is 0 Å². The molecule has 0 aliphatic rings. The van der Waals surface area contributed by atoms with Crippen LogP contribution >= 0.6 is 16.7 Å².